The summed E-state index contributed by atoms with van der Waals surface area (Å²) in [6, 6.07) is 5.44. The first-order valence-electron chi connectivity index (χ1n) is 7.07. The van der Waals surface area contributed by atoms with Crippen molar-refractivity contribution in [1.29, 1.82) is 0 Å². The minimum atomic E-state index is -0.368. The van der Waals surface area contributed by atoms with Crippen molar-refractivity contribution in [2.45, 2.75) is 32.5 Å². The first kappa shape index (κ1) is 16.3. The van der Waals surface area contributed by atoms with Crippen LogP contribution in [-0.4, -0.2) is 42.9 Å². The fourth-order valence-corrected chi connectivity index (χ4v) is 2.86. The van der Waals surface area contributed by atoms with E-state index in [1.54, 1.807) is 0 Å². The van der Waals surface area contributed by atoms with Crippen molar-refractivity contribution >= 4 is 27.5 Å². The number of rotatable bonds is 4. The summed E-state index contributed by atoms with van der Waals surface area (Å²) in [5.74, 6) is -0.0449. The molecule has 1 amide bonds. The van der Waals surface area contributed by atoms with Crippen molar-refractivity contribution in [3.8, 4) is 0 Å². The zero-order valence-electron chi connectivity index (χ0n) is 12.3. The summed E-state index contributed by atoms with van der Waals surface area (Å²) in [7, 11) is 0. The van der Waals surface area contributed by atoms with Crippen molar-refractivity contribution in [2.24, 2.45) is 0 Å². The highest BCUT2D eigenvalue weighted by molar-refractivity contribution is 9.10. The number of hydrogen-bond acceptors (Lipinski definition) is 4. The second-order valence-corrected chi connectivity index (χ2v) is 6.29. The quantitative estimate of drug-likeness (QED) is 0.861. The molecule has 0 radical (unpaired) electrons. The van der Waals surface area contributed by atoms with Crippen molar-refractivity contribution in [3.63, 3.8) is 0 Å². The zero-order chi connectivity index (χ0) is 15.4. The molecular formula is C15H21BrN2O3. The molecule has 2 rings (SSSR count). The van der Waals surface area contributed by atoms with Crippen molar-refractivity contribution < 1.29 is 14.6 Å². The number of halogens is 1. The fraction of sp³-hybridized carbons (Fsp3) is 0.533. The van der Waals surface area contributed by atoms with E-state index in [0.717, 1.165) is 15.7 Å². The van der Waals surface area contributed by atoms with Crippen LogP contribution in [0, 0.1) is 0 Å². The molecule has 0 aromatic heterocycles. The lowest BCUT2D eigenvalue weighted by atomic mass is 10.1. The average molecular weight is 357 g/mol. The van der Waals surface area contributed by atoms with Crippen LogP contribution < -0.4 is 10.2 Å². The minimum Gasteiger partial charge on any atom is -0.392 e. The molecule has 2 N–H and O–H groups in total. The molecule has 0 aliphatic carbocycles. The van der Waals surface area contributed by atoms with Crippen LogP contribution >= 0.6 is 15.9 Å². The number of amides is 1. The minimum absolute atomic E-state index is 0.0449. The number of aliphatic hydroxyl groups is 1. The molecule has 1 saturated heterocycles. The number of anilines is 1. The van der Waals surface area contributed by atoms with Gasteiger partial charge in [-0.3, -0.25) is 4.79 Å². The molecule has 1 heterocycles. The van der Waals surface area contributed by atoms with Crippen LogP contribution in [0.5, 0.6) is 0 Å². The van der Waals surface area contributed by atoms with Gasteiger partial charge >= 0.3 is 0 Å². The molecule has 0 bridgehead atoms. The first-order valence-corrected chi connectivity index (χ1v) is 7.86. The van der Waals surface area contributed by atoms with Gasteiger partial charge in [-0.15, -0.1) is 0 Å². The van der Waals surface area contributed by atoms with Crippen molar-refractivity contribution in [3.05, 3.63) is 28.2 Å². The van der Waals surface area contributed by atoms with Gasteiger partial charge in [0.25, 0.3) is 0 Å². The van der Waals surface area contributed by atoms with Gasteiger partial charge in [-0.2, -0.15) is 0 Å². The standard InChI is InChI=1S/C15H21BrN2O3/c1-10(2)17-15(20)14-9-21-6-5-18(14)13-4-3-12(16)7-11(13)8-19/h3-4,7,10,14,19H,5-6,8-9H2,1-2H3,(H,17,20). The predicted molar refractivity (Wildman–Crippen MR) is 85.3 cm³/mol. The number of aliphatic hydroxyl groups excluding tert-OH is 1. The molecule has 1 fully saturated rings. The molecule has 1 unspecified atom stereocenters. The van der Waals surface area contributed by atoms with Crippen LogP contribution in [0.3, 0.4) is 0 Å². The highest BCUT2D eigenvalue weighted by Crippen LogP contribution is 2.27. The monoisotopic (exact) mass is 356 g/mol. The third kappa shape index (κ3) is 3.96. The number of nitrogens with one attached hydrogen (secondary N) is 1. The summed E-state index contributed by atoms with van der Waals surface area (Å²) in [5, 5.41) is 12.5. The number of hydrogen-bond donors (Lipinski definition) is 2. The van der Waals surface area contributed by atoms with Gasteiger partial charge in [-0.25, -0.2) is 0 Å². The van der Waals surface area contributed by atoms with Gasteiger partial charge in [-0.1, -0.05) is 15.9 Å². The summed E-state index contributed by atoms with van der Waals surface area (Å²) in [6.07, 6.45) is 0. The van der Waals surface area contributed by atoms with E-state index in [1.165, 1.54) is 0 Å². The van der Waals surface area contributed by atoms with E-state index in [9.17, 15) is 9.90 Å². The van der Waals surface area contributed by atoms with Gasteiger partial charge in [0.05, 0.1) is 19.8 Å². The highest BCUT2D eigenvalue weighted by Gasteiger charge is 2.31. The average Bonchev–Trinajstić information content (AvgIpc) is 2.46. The Balaban J connectivity index is 2.28. The summed E-state index contributed by atoms with van der Waals surface area (Å²) < 4.78 is 6.37. The maximum absolute atomic E-state index is 12.4. The normalized spacial score (nSPS) is 18.9. The molecule has 1 aliphatic rings. The number of morpholine rings is 1. The molecule has 6 heteroatoms. The van der Waals surface area contributed by atoms with Crippen LogP contribution in [0.15, 0.2) is 22.7 Å². The van der Waals surface area contributed by atoms with Gasteiger partial charge in [-0.05, 0) is 32.0 Å². The number of carbonyl (C=O) groups excluding carboxylic acids is 1. The summed E-state index contributed by atoms with van der Waals surface area (Å²) in [4.78, 5) is 14.4. The molecule has 21 heavy (non-hydrogen) atoms. The molecule has 1 aromatic rings. The van der Waals surface area contributed by atoms with E-state index < -0.39 is 0 Å². The molecule has 5 nitrogen and oxygen atoms in total. The van der Waals surface area contributed by atoms with Gasteiger partial charge in [0, 0.05) is 28.3 Å². The molecular weight excluding hydrogens is 336 g/mol. The van der Waals surface area contributed by atoms with E-state index in [-0.39, 0.29) is 24.6 Å². The first-order chi connectivity index (χ1) is 10.0. The van der Waals surface area contributed by atoms with E-state index in [0.29, 0.717) is 19.8 Å². The zero-order valence-corrected chi connectivity index (χ0v) is 13.9. The van der Waals surface area contributed by atoms with Crippen LogP contribution in [0.2, 0.25) is 0 Å². The Labute approximate surface area is 133 Å². The number of ether oxygens (including phenoxy) is 1. The van der Waals surface area contributed by atoms with Crippen molar-refractivity contribution in [1.82, 2.24) is 5.32 Å². The fourth-order valence-electron chi connectivity index (χ4n) is 2.45. The second-order valence-electron chi connectivity index (χ2n) is 5.38. The smallest absolute Gasteiger partial charge is 0.245 e. The lowest BCUT2D eigenvalue weighted by molar-refractivity contribution is -0.125. The van der Waals surface area contributed by atoms with Gasteiger partial charge in [0.2, 0.25) is 5.91 Å². The van der Waals surface area contributed by atoms with Crippen molar-refractivity contribution in [2.75, 3.05) is 24.7 Å². The van der Waals surface area contributed by atoms with Gasteiger partial charge in [0.1, 0.15) is 6.04 Å². The lowest BCUT2D eigenvalue weighted by Gasteiger charge is -2.37. The summed E-state index contributed by atoms with van der Waals surface area (Å²) in [6.45, 7) is 5.37. The Hall–Kier alpha value is -1.11. The van der Waals surface area contributed by atoms with Gasteiger partial charge < -0.3 is 20.1 Å². The van der Waals surface area contributed by atoms with Crippen LogP contribution in [-0.2, 0) is 16.1 Å². The van der Waals surface area contributed by atoms with Crippen LogP contribution in [0.1, 0.15) is 19.4 Å². The summed E-state index contributed by atoms with van der Waals surface area (Å²) >= 11 is 3.40. The number of benzene rings is 1. The highest BCUT2D eigenvalue weighted by atomic mass is 79.9. The Morgan fingerprint density at radius 3 is 3.00 bits per heavy atom. The number of nitrogens with zero attached hydrogens (tertiary/aromatic N) is 1. The molecule has 0 spiro atoms. The Bertz CT molecular complexity index is 508. The Morgan fingerprint density at radius 1 is 1.57 bits per heavy atom. The van der Waals surface area contributed by atoms with Gasteiger partial charge in [0.15, 0.2) is 0 Å². The molecule has 1 aromatic carbocycles. The maximum Gasteiger partial charge on any atom is 0.245 e. The second kappa shape index (κ2) is 7.24. The third-order valence-corrected chi connectivity index (χ3v) is 3.88. The topological polar surface area (TPSA) is 61.8 Å². The molecule has 0 saturated carbocycles. The summed E-state index contributed by atoms with van der Waals surface area (Å²) in [5.41, 5.74) is 1.68. The largest absolute Gasteiger partial charge is 0.392 e. The van der Waals surface area contributed by atoms with Crippen LogP contribution in [0.25, 0.3) is 0 Å². The molecule has 116 valence electrons. The number of carbonyl (C=O) groups is 1. The third-order valence-electron chi connectivity index (χ3n) is 3.38. The Morgan fingerprint density at radius 2 is 2.33 bits per heavy atom. The lowest BCUT2D eigenvalue weighted by Crippen LogP contribution is -2.55. The van der Waals surface area contributed by atoms with Crippen LogP contribution in [0.4, 0.5) is 5.69 Å². The predicted octanol–water partition coefficient (Wildman–Crippen LogP) is 1.67. The SMILES string of the molecule is CC(C)NC(=O)C1COCCN1c1ccc(Br)cc1CO. The molecule has 1 atom stereocenters. The molecule has 1 aliphatic heterocycles. The Kier molecular flexibility index (Phi) is 5.61. The van der Waals surface area contributed by atoms with E-state index >= 15 is 0 Å². The van der Waals surface area contributed by atoms with E-state index in [2.05, 4.69) is 21.2 Å². The van der Waals surface area contributed by atoms with E-state index in [4.69, 9.17) is 4.74 Å². The van der Waals surface area contributed by atoms with E-state index in [1.807, 2.05) is 36.9 Å². The maximum atomic E-state index is 12.4.